The second kappa shape index (κ2) is 37.6. The van der Waals surface area contributed by atoms with Crippen molar-refractivity contribution in [1.82, 2.24) is 62.3 Å². The molecule has 29 nitrogen and oxygen atoms in total. The number of rotatable bonds is 20. The highest BCUT2D eigenvalue weighted by Gasteiger charge is 2.42. The van der Waals surface area contributed by atoms with Crippen molar-refractivity contribution in [2.24, 2.45) is 29.0 Å². The summed E-state index contributed by atoms with van der Waals surface area (Å²) >= 11 is 0.880. The molecular weight excluding hydrogens is 1350 g/mol. The fourth-order valence-electron chi connectivity index (χ4n) is 12.9. The van der Waals surface area contributed by atoms with Crippen molar-refractivity contribution in [3.63, 3.8) is 0 Å². The summed E-state index contributed by atoms with van der Waals surface area (Å²) in [6.45, 7) is 7.38. The Labute approximate surface area is 607 Å². The summed E-state index contributed by atoms with van der Waals surface area (Å²) in [5.74, 6) is -11.6. The summed E-state index contributed by atoms with van der Waals surface area (Å²) in [7, 11) is 1.39. The number of hydrogen-bond acceptors (Lipinski definition) is 16. The fraction of sp³-hybridized carbons (Fsp3) is 0.459. The maximum Gasteiger partial charge on any atom is 0.245 e. The maximum absolute atomic E-state index is 15.4. The largest absolute Gasteiger partial charge is 0.508 e. The van der Waals surface area contributed by atoms with Crippen LogP contribution in [0.3, 0.4) is 0 Å². The second-order valence-electron chi connectivity index (χ2n) is 27.2. The topological polar surface area (TPSA) is 458 Å². The highest BCUT2D eigenvalue weighted by molar-refractivity contribution is 8.00. The van der Waals surface area contributed by atoms with E-state index < -0.39 is 149 Å². The number of primary amides is 2. The number of fused-ring (bicyclic) bond motifs is 3. The van der Waals surface area contributed by atoms with Crippen molar-refractivity contribution in [1.29, 1.82) is 0 Å². The number of aromatic nitrogens is 2. The average Bonchev–Trinajstić information content (AvgIpc) is 1.66. The van der Waals surface area contributed by atoms with Crippen molar-refractivity contribution in [3.05, 3.63) is 132 Å². The van der Waals surface area contributed by atoms with Gasteiger partial charge in [0.05, 0.1) is 5.75 Å². The average molecular weight is 1450 g/mol. The van der Waals surface area contributed by atoms with Crippen molar-refractivity contribution in [3.8, 4) is 11.5 Å². The molecular formula is C74H97N15O14S. The molecule has 558 valence electrons. The number of H-pyrrole nitrogens is 2. The van der Waals surface area contributed by atoms with Gasteiger partial charge in [0, 0.05) is 85.6 Å². The number of likely N-dealkylation sites (N-methyl/N-ethyl adjacent to an activating group) is 1. The number of phenolic OH excluding ortho intramolecular Hbond substituents is 2. The lowest BCUT2D eigenvalue weighted by Gasteiger charge is -2.34. The van der Waals surface area contributed by atoms with Gasteiger partial charge in [0.2, 0.25) is 70.9 Å². The van der Waals surface area contributed by atoms with E-state index in [1.165, 1.54) is 65.4 Å². The van der Waals surface area contributed by atoms with E-state index in [0.717, 1.165) is 22.7 Å². The lowest BCUT2D eigenvalue weighted by molar-refractivity contribution is -0.144. The van der Waals surface area contributed by atoms with Gasteiger partial charge in [0.15, 0.2) is 0 Å². The van der Waals surface area contributed by atoms with Gasteiger partial charge in [0.1, 0.15) is 71.9 Å². The number of nitrogens with two attached hydrogens (primary N) is 3. The van der Waals surface area contributed by atoms with Crippen LogP contribution in [0.2, 0.25) is 0 Å². The van der Waals surface area contributed by atoms with Crippen molar-refractivity contribution < 1.29 is 67.7 Å². The standard InChI is InChI=1S/C74H97N15O14S/c1-6-42(4)64-74(103)88(5)61(36-46-38-79-52-17-10-8-15-50(46)52)72(101)86-59(65(77)94)39-104-40-63(93)80-56(33-43-20-24-47(90)25-21-43)67(96)81-53(18-11-12-30-75)66(95)82-54(28-29-62(76)92)73(102)89-31-13-19-60(89)71(100)85-57(34-44-22-26-48(91)27-23-44)68(97)84-58(35-45-37-78-51-16-9-7-14-49(45)51)69(98)83-55(32-41(2)3)70(99)87-64/h7-10,14-17,20-27,37-38,41-42,53-61,64,78-79,90-91H,6,11-13,18-19,28-36,39-40,75H2,1-5H3,(H2,76,92)(H2,77,94)(H,80,93)(H,81,96)(H,82,95)(H,83,98)(H,84,97)(H,85,100)(H,86,101)(H,87,99)/t42-,53-,54-,55-,56-,57-,58-,59-,60-,61-,64-/m0/s1. The number of carbonyl (C=O) groups is 12. The molecule has 8 rings (SSSR count). The number of benzene rings is 4. The van der Waals surface area contributed by atoms with Crippen LogP contribution in [0.25, 0.3) is 21.8 Å². The number of phenols is 2. The highest BCUT2D eigenvalue weighted by atomic mass is 32.2. The Kier molecular flexibility index (Phi) is 28.7. The molecule has 30 heteroatoms. The van der Waals surface area contributed by atoms with Gasteiger partial charge in [-0.3, -0.25) is 57.5 Å². The van der Waals surface area contributed by atoms with Gasteiger partial charge < -0.3 is 89.7 Å². The molecule has 0 saturated carbocycles. The summed E-state index contributed by atoms with van der Waals surface area (Å²) in [6, 6.07) is 12.1. The summed E-state index contributed by atoms with van der Waals surface area (Å²) in [5.41, 5.74) is 21.1. The molecule has 6 aromatic rings. The number of thioether (sulfide) groups is 1. The first-order valence-corrected chi connectivity index (χ1v) is 36.4. The van der Waals surface area contributed by atoms with E-state index in [9.17, 15) is 39.0 Å². The molecule has 0 radical (unpaired) electrons. The minimum atomic E-state index is -1.52. The predicted octanol–water partition coefficient (Wildman–Crippen LogP) is 1.75. The first kappa shape index (κ1) is 79.2. The van der Waals surface area contributed by atoms with Gasteiger partial charge in [-0.05, 0) is 122 Å². The minimum absolute atomic E-state index is 0.0205. The number of carbonyl (C=O) groups excluding carboxylic acids is 12. The molecule has 12 amide bonds. The lowest BCUT2D eigenvalue weighted by atomic mass is 9.94. The number of unbranched alkanes of at least 4 members (excludes halogenated alkanes) is 1. The normalized spacial score (nSPS) is 23.4. The van der Waals surface area contributed by atoms with E-state index in [2.05, 4.69) is 52.5 Å². The molecule has 4 aromatic carbocycles. The Morgan fingerprint density at radius 1 is 0.567 bits per heavy atom. The van der Waals surface area contributed by atoms with E-state index in [-0.39, 0.29) is 100 Å². The maximum atomic E-state index is 15.4. The monoisotopic (exact) mass is 1450 g/mol. The number of aromatic hydroxyl groups is 2. The van der Waals surface area contributed by atoms with Crippen LogP contribution in [0.5, 0.6) is 11.5 Å². The molecule has 0 aliphatic carbocycles. The van der Waals surface area contributed by atoms with Crippen LogP contribution in [0.1, 0.15) is 108 Å². The van der Waals surface area contributed by atoms with Crippen LogP contribution in [0, 0.1) is 11.8 Å². The number of aromatic amines is 2. The number of para-hydroxylation sites is 2. The fourth-order valence-corrected chi connectivity index (χ4v) is 13.8. The first-order chi connectivity index (χ1) is 49.7. The van der Waals surface area contributed by atoms with Gasteiger partial charge in [-0.2, -0.15) is 0 Å². The minimum Gasteiger partial charge on any atom is -0.508 e. The molecule has 11 atom stereocenters. The summed E-state index contributed by atoms with van der Waals surface area (Å²) < 4.78 is 0. The van der Waals surface area contributed by atoms with E-state index in [4.69, 9.17) is 17.2 Å². The SMILES string of the molecule is CC[C@H](C)[C@@H]1NC(=O)[C@H](CC(C)C)NC(=O)[C@H](Cc2c[nH]c3ccccc23)NC(=O)[C@H](Cc2ccc(O)cc2)NC(=O)[C@@H]2CCCN2C(=O)[C@H](CCC(N)=O)NC(=O)[C@H](CCCCN)NC(=O)[C@H](Cc2ccc(O)cc2)NC(=O)CSC[C@@H](C(N)=O)NC(=O)[C@H](Cc2c[nH]c3ccccc23)N(C)C1=O. The third-order valence-corrected chi connectivity index (χ3v) is 20.0. The van der Waals surface area contributed by atoms with Gasteiger partial charge in [-0.1, -0.05) is 94.8 Å². The van der Waals surface area contributed by atoms with E-state index in [1.807, 2.05) is 57.2 Å². The van der Waals surface area contributed by atoms with Crippen LogP contribution in [0.4, 0.5) is 0 Å². The third-order valence-electron chi connectivity index (χ3n) is 19.0. The Morgan fingerprint density at radius 3 is 1.63 bits per heavy atom. The molecule has 0 bridgehead atoms. The number of nitrogens with zero attached hydrogens (tertiary/aromatic N) is 2. The zero-order valence-corrected chi connectivity index (χ0v) is 60.0. The summed E-state index contributed by atoms with van der Waals surface area (Å²) in [5, 5.41) is 44.2. The zero-order chi connectivity index (χ0) is 75.3. The number of amides is 12. The Hall–Kier alpha value is -10.5. The van der Waals surface area contributed by atoms with Crippen molar-refractivity contribution in [2.75, 3.05) is 31.6 Å². The molecule has 2 aromatic heterocycles. The van der Waals surface area contributed by atoms with E-state index in [1.54, 1.807) is 31.5 Å². The highest BCUT2D eigenvalue weighted by Crippen LogP contribution is 2.26. The molecule has 0 unspecified atom stereocenters. The molecule has 18 N–H and O–H groups in total. The zero-order valence-electron chi connectivity index (χ0n) is 59.2. The summed E-state index contributed by atoms with van der Waals surface area (Å²) in [4.78, 5) is 184. The predicted molar refractivity (Wildman–Crippen MR) is 391 cm³/mol. The summed E-state index contributed by atoms with van der Waals surface area (Å²) in [6.07, 6.45) is 3.26. The van der Waals surface area contributed by atoms with Gasteiger partial charge >= 0.3 is 0 Å². The number of hydrogen-bond donors (Lipinski definition) is 15. The van der Waals surface area contributed by atoms with Crippen LogP contribution in [-0.4, -0.2) is 193 Å². The molecule has 104 heavy (non-hydrogen) atoms. The first-order valence-electron chi connectivity index (χ1n) is 35.2. The smallest absolute Gasteiger partial charge is 0.245 e. The Morgan fingerprint density at radius 2 is 1.08 bits per heavy atom. The molecule has 2 aliphatic rings. The molecule has 0 spiro atoms. The van der Waals surface area contributed by atoms with Gasteiger partial charge in [0.25, 0.3) is 0 Å². The lowest BCUT2D eigenvalue weighted by Crippen LogP contribution is -2.62. The van der Waals surface area contributed by atoms with Crippen molar-refractivity contribution in [2.45, 2.75) is 172 Å². The third kappa shape index (κ3) is 21.8. The van der Waals surface area contributed by atoms with Crippen molar-refractivity contribution >= 4 is 104 Å². The molecule has 2 fully saturated rings. The van der Waals surface area contributed by atoms with Gasteiger partial charge in [-0.15, -0.1) is 11.8 Å². The van der Waals surface area contributed by atoms with E-state index >= 15 is 28.8 Å². The van der Waals surface area contributed by atoms with Gasteiger partial charge in [-0.25, -0.2) is 0 Å². The van der Waals surface area contributed by atoms with Crippen LogP contribution < -0.4 is 59.7 Å². The van der Waals surface area contributed by atoms with E-state index in [0.29, 0.717) is 46.0 Å². The molecule has 2 aliphatic heterocycles. The quantitative estimate of drug-likeness (QED) is 0.0484. The van der Waals surface area contributed by atoms with Crippen LogP contribution >= 0.6 is 11.8 Å². The molecule has 4 heterocycles. The second-order valence-corrected chi connectivity index (χ2v) is 28.2. The Bertz CT molecular complexity index is 4030. The molecule has 2 saturated heterocycles. The Balaban J connectivity index is 1.20. The van der Waals surface area contributed by atoms with Crippen LogP contribution in [-0.2, 0) is 83.2 Å². The van der Waals surface area contributed by atoms with Crippen LogP contribution in [0.15, 0.2) is 109 Å². The number of nitrogens with one attached hydrogen (secondary N) is 10.